The van der Waals surface area contributed by atoms with Crippen molar-refractivity contribution in [2.75, 3.05) is 0 Å². The van der Waals surface area contributed by atoms with E-state index >= 15 is 0 Å². The van der Waals surface area contributed by atoms with Gasteiger partial charge < -0.3 is 5.32 Å². The summed E-state index contributed by atoms with van der Waals surface area (Å²) in [4.78, 5) is 34.0. The highest BCUT2D eigenvalue weighted by Crippen LogP contribution is 2.70. The zero-order valence-corrected chi connectivity index (χ0v) is 17.2. The van der Waals surface area contributed by atoms with Gasteiger partial charge in [-0.1, -0.05) is 20.8 Å². The third-order valence-corrected chi connectivity index (χ3v) is 7.11. The number of nitrogens with zero attached hydrogens (tertiary/aromatic N) is 3. The first-order valence-electron chi connectivity index (χ1n) is 9.63. The van der Waals surface area contributed by atoms with Crippen LogP contribution < -0.4 is 5.32 Å². The van der Waals surface area contributed by atoms with E-state index in [1.165, 1.54) is 12.1 Å². The van der Waals surface area contributed by atoms with Crippen molar-refractivity contribution < 1.29 is 9.72 Å². The first kappa shape index (κ1) is 18.8. The topological polar surface area (TPSA) is 98.0 Å². The van der Waals surface area contributed by atoms with Gasteiger partial charge in [0.05, 0.1) is 32.8 Å². The second kappa shape index (κ2) is 5.27. The third-order valence-electron chi connectivity index (χ3n) is 7.11. The van der Waals surface area contributed by atoms with Gasteiger partial charge in [-0.3, -0.25) is 14.9 Å². The molecule has 7 nitrogen and oxygen atoms in total. The fourth-order valence-electron chi connectivity index (χ4n) is 5.15. The summed E-state index contributed by atoms with van der Waals surface area (Å²) in [6, 6.07) is 4.54. The molecule has 148 valence electrons. The Morgan fingerprint density at radius 1 is 1.11 bits per heavy atom. The Bertz CT molecular complexity index is 1040. The molecule has 4 rings (SSSR count). The van der Waals surface area contributed by atoms with Gasteiger partial charge >= 0.3 is 0 Å². The van der Waals surface area contributed by atoms with E-state index < -0.39 is 10.3 Å². The van der Waals surface area contributed by atoms with Crippen molar-refractivity contribution in [1.29, 1.82) is 0 Å². The highest BCUT2D eigenvalue weighted by Gasteiger charge is 2.73. The molecule has 7 heteroatoms. The van der Waals surface area contributed by atoms with E-state index in [-0.39, 0.29) is 28.0 Å². The van der Waals surface area contributed by atoms with Gasteiger partial charge in [-0.15, -0.1) is 0 Å². The van der Waals surface area contributed by atoms with Crippen LogP contribution in [0.15, 0.2) is 18.2 Å². The number of non-ortho nitro benzene ring substituents is 1. The fraction of sp³-hybridized carbons (Fsp3) is 0.571. The van der Waals surface area contributed by atoms with Crippen LogP contribution in [0.2, 0.25) is 0 Å². The second-order valence-electron chi connectivity index (χ2n) is 9.92. The number of hydrogen-bond acceptors (Lipinski definition) is 5. The molecule has 0 aliphatic heterocycles. The molecule has 2 aliphatic carbocycles. The summed E-state index contributed by atoms with van der Waals surface area (Å²) >= 11 is 0. The van der Waals surface area contributed by atoms with E-state index in [9.17, 15) is 14.9 Å². The summed E-state index contributed by atoms with van der Waals surface area (Å²) in [6.45, 7) is 12.3. The van der Waals surface area contributed by atoms with Gasteiger partial charge in [0.25, 0.3) is 5.69 Å². The number of carbonyl (C=O) groups is 1. The second-order valence-corrected chi connectivity index (χ2v) is 9.92. The number of nitro benzene ring substituents is 1. The van der Waals surface area contributed by atoms with Crippen LogP contribution in [0.5, 0.6) is 0 Å². The number of hydrogen-bond donors (Lipinski definition) is 1. The fourth-order valence-corrected chi connectivity index (χ4v) is 5.15. The number of fused-ring (bicyclic) bond motifs is 6. The van der Waals surface area contributed by atoms with Gasteiger partial charge in [0.1, 0.15) is 0 Å². The van der Waals surface area contributed by atoms with Crippen molar-refractivity contribution in [1.82, 2.24) is 15.3 Å². The van der Waals surface area contributed by atoms with E-state index in [1.54, 1.807) is 6.07 Å². The van der Waals surface area contributed by atoms with Crippen LogP contribution in [-0.2, 0) is 15.6 Å². The number of nitro groups is 1. The molecular formula is C21H26N4O3. The van der Waals surface area contributed by atoms with Crippen LogP contribution in [0.1, 0.15) is 65.8 Å². The van der Waals surface area contributed by atoms with E-state index in [1.807, 2.05) is 20.8 Å². The Balaban J connectivity index is 1.99. The highest BCUT2D eigenvalue weighted by atomic mass is 16.6. The molecule has 1 fully saturated rings. The number of amides is 1. The van der Waals surface area contributed by atoms with Gasteiger partial charge in [-0.05, 0) is 45.1 Å². The summed E-state index contributed by atoms with van der Waals surface area (Å²) in [5, 5.41) is 14.3. The van der Waals surface area contributed by atoms with Gasteiger partial charge in [-0.25, -0.2) is 9.97 Å². The number of benzene rings is 1. The minimum Gasteiger partial charge on any atom is -0.351 e. The van der Waals surface area contributed by atoms with Crippen molar-refractivity contribution in [3.63, 3.8) is 0 Å². The third kappa shape index (κ3) is 2.13. The molecule has 1 heterocycles. The minimum absolute atomic E-state index is 0.0245. The van der Waals surface area contributed by atoms with Crippen molar-refractivity contribution >= 4 is 22.6 Å². The standard InChI is InChI=1S/C21H26N4O3/c1-18(2,3)24-17(26)21-10-9-20(6,19(21,4)5)15-16(21)23-14-11-12(25(27)28)7-8-13(14)22-15/h7-8,11H,9-10H2,1-6H3,(H,24,26). The van der Waals surface area contributed by atoms with Gasteiger partial charge in [0, 0.05) is 23.1 Å². The molecule has 2 atom stereocenters. The lowest BCUT2D eigenvalue weighted by atomic mass is 9.63. The SMILES string of the molecule is CC(C)(C)NC(=O)C12CCC(C)(c3nc4ccc([N+](=O)[O-])cc4nc31)C2(C)C. The van der Waals surface area contributed by atoms with Crippen LogP contribution in [0.25, 0.3) is 11.0 Å². The lowest BCUT2D eigenvalue weighted by Gasteiger charge is -2.40. The molecule has 0 radical (unpaired) electrons. The monoisotopic (exact) mass is 382 g/mol. The normalized spacial score (nSPS) is 27.6. The molecule has 2 bridgehead atoms. The highest BCUT2D eigenvalue weighted by molar-refractivity contribution is 5.93. The molecule has 1 N–H and O–H groups in total. The molecule has 0 saturated heterocycles. The summed E-state index contributed by atoms with van der Waals surface area (Å²) in [5.74, 6) is -0.0356. The van der Waals surface area contributed by atoms with E-state index in [2.05, 4.69) is 26.1 Å². The van der Waals surface area contributed by atoms with Gasteiger partial charge in [-0.2, -0.15) is 0 Å². The maximum atomic E-state index is 13.6. The quantitative estimate of drug-likeness (QED) is 0.629. The smallest absolute Gasteiger partial charge is 0.271 e. The molecule has 28 heavy (non-hydrogen) atoms. The molecule has 2 aliphatic rings. The van der Waals surface area contributed by atoms with Crippen molar-refractivity contribution in [2.24, 2.45) is 5.41 Å². The Morgan fingerprint density at radius 3 is 2.36 bits per heavy atom. The zero-order valence-electron chi connectivity index (χ0n) is 17.2. The van der Waals surface area contributed by atoms with Crippen LogP contribution in [0.4, 0.5) is 5.69 Å². The summed E-state index contributed by atoms with van der Waals surface area (Å²) in [7, 11) is 0. The maximum absolute atomic E-state index is 13.6. The molecule has 2 unspecified atom stereocenters. The average molecular weight is 382 g/mol. The predicted molar refractivity (Wildman–Crippen MR) is 106 cm³/mol. The molecule has 1 aromatic heterocycles. The van der Waals surface area contributed by atoms with E-state index in [0.717, 1.165) is 12.1 Å². The minimum atomic E-state index is -0.795. The Hall–Kier alpha value is -2.57. The predicted octanol–water partition coefficient (Wildman–Crippen LogP) is 3.78. The van der Waals surface area contributed by atoms with Crippen molar-refractivity contribution in [3.05, 3.63) is 39.7 Å². The van der Waals surface area contributed by atoms with Crippen molar-refractivity contribution in [2.45, 2.75) is 70.8 Å². The average Bonchev–Trinajstić information content (AvgIpc) is 2.87. The Morgan fingerprint density at radius 2 is 1.75 bits per heavy atom. The van der Waals surface area contributed by atoms with Gasteiger partial charge in [0.2, 0.25) is 5.91 Å². The van der Waals surface area contributed by atoms with Crippen LogP contribution in [-0.4, -0.2) is 26.3 Å². The summed E-state index contributed by atoms with van der Waals surface area (Å²) in [6.07, 6.45) is 1.55. The number of carbonyl (C=O) groups excluding carboxylic acids is 1. The Kier molecular flexibility index (Phi) is 3.54. The van der Waals surface area contributed by atoms with Crippen LogP contribution in [0, 0.1) is 15.5 Å². The number of rotatable bonds is 2. The van der Waals surface area contributed by atoms with Crippen molar-refractivity contribution in [3.8, 4) is 0 Å². The molecule has 1 aromatic carbocycles. The summed E-state index contributed by atoms with van der Waals surface area (Å²) in [5.41, 5.74) is 0.784. The lowest BCUT2D eigenvalue weighted by Crippen LogP contribution is -2.55. The maximum Gasteiger partial charge on any atom is 0.271 e. The Labute approximate surface area is 164 Å². The lowest BCUT2D eigenvalue weighted by molar-refractivity contribution is -0.384. The molecule has 0 spiro atoms. The number of nitrogens with one attached hydrogen (secondary N) is 1. The van der Waals surface area contributed by atoms with E-state index in [4.69, 9.17) is 9.97 Å². The zero-order chi connectivity index (χ0) is 20.7. The number of aromatic nitrogens is 2. The van der Waals surface area contributed by atoms with Crippen LogP contribution in [0.3, 0.4) is 0 Å². The largest absolute Gasteiger partial charge is 0.351 e. The first-order chi connectivity index (χ1) is 12.8. The van der Waals surface area contributed by atoms with Crippen LogP contribution >= 0.6 is 0 Å². The van der Waals surface area contributed by atoms with Gasteiger partial charge in [0.15, 0.2) is 0 Å². The molecule has 1 amide bonds. The molecule has 1 saturated carbocycles. The molecule has 2 aromatic rings. The first-order valence-corrected chi connectivity index (χ1v) is 9.63. The van der Waals surface area contributed by atoms with E-state index in [0.29, 0.717) is 23.1 Å². The summed E-state index contributed by atoms with van der Waals surface area (Å²) < 4.78 is 0. The molecular weight excluding hydrogens is 356 g/mol.